The lowest BCUT2D eigenvalue weighted by atomic mass is 10.1. The maximum Gasteiger partial charge on any atom is 0.419 e. The van der Waals surface area contributed by atoms with Gasteiger partial charge in [0.15, 0.2) is 0 Å². The maximum atomic E-state index is 13.5. The molecule has 2 aromatic carbocycles. The van der Waals surface area contributed by atoms with Gasteiger partial charge in [0.1, 0.15) is 35.8 Å². The Morgan fingerprint density at radius 1 is 1.18 bits per heavy atom. The van der Waals surface area contributed by atoms with Gasteiger partial charge in [0.05, 0.1) is 11.1 Å². The Morgan fingerprint density at radius 3 is 2.58 bits per heavy atom. The Hall–Kier alpha value is -4.07. The molecule has 0 spiro atoms. The van der Waals surface area contributed by atoms with E-state index in [1.165, 1.54) is 28.8 Å². The summed E-state index contributed by atoms with van der Waals surface area (Å²) in [6, 6.07) is 9.78. The lowest BCUT2D eigenvalue weighted by Crippen LogP contribution is -2.25. The fraction of sp³-hybridized carbons (Fsp3) is 0.227. The molecule has 0 fully saturated rings. The molecule has 11 heteroatoms. The molecule has 0 bridgehead atoms. The van der Waals surface area contributed by atoms with Gasteiger partial charge in [-0.05, 0) is 42.3 Å². The topological polar surface area (TPSA) is 103 Å². The molecule has 3 rings (SSSR count). The minimum absolute atomic E-state index is 0.00896. The Kier molecular flexibility index (Phi) is 6.86. The zero-order valence-corrected chi connectivity index (χ0v) is 17.3. The van der Waals surface area contributed by atoms with Gasteiger partial charge in [-0.2, -0.15) is 23.4 Å². The van der Waals surface area contributed by atoms with E-state index < -0.39 is 23.2 Å². The largest absolute Gasteiger partial charge is 0.473 e. The number of anilines is 1. The van der Waals surface area contributed by atoms with Crippen LogP contribution in [-0.2, 0) is 19.3 Å². The van der Waals surface area contributed by atoms with Gasteiger partial charge in [0.2, 0.25) is 5.88 Å². The number of aromatic nitrogens is 2. The average molecular weight is 462 g/mol. The number of ether oxygens (including phenoxy) is 2. The zero-order chi connectivity index (χ0) is 24.2. The number of halogens is 4. The molecule has 0 aliphatic rings. The molecule has 172 valence electrons. The van der Waals surface area contributed by atoms with E-state index in [0.29, 0.717) is 30.7 Å². The van der Waals surface area contributed by atoms with Gasteiger partial charge in [0, 0.05) is 12.6 Å². The summed E-state index contributed by atoms with van der Waals surface area (Å²) >= 11 is 0. The van der Waals surface area contributed by atoms with Crippen molar-refractivity contribution < 1.29 is 27.0 Å². The van der Waals surface area contributed by atoms with Gasteiger partial charge >= 0.3 is 11.9 Å². The number of nitrogens with two attached hydrogens (primary N) is 1. The van der Waals surface area contributed by atoms with Crippen molar-refractivity contribution in [3.8, 4) is 23.4 Å². The highest BCUT2D eigenvalue weighted by Crippen LogP contribution is 2.35. The lowest BCUT2D eigenvalue weighted by molar-refractivity contribution is -0.140. The number of benzene rings is 2. The minimum Gasteiger partial charge on any atom is -0.473 e. The van der Waals surface area contributed by atoms with Gasteiger partial charge in [-0.25, -0.2) is 9.18 Å². The fourth-order valence-electron chi connectivity index (χ4n) is 2.94. The van der Waals surface area contributed by atoms with Gasteiger partial charge in [-0.15, -0.1) is 0 Å². The molecule has 0 saturated carbocycles. The van der Waals surface area contributed by atoms with Crippen molar-refractivity contribution in [2.75, 3.05) is 5.73 Å². The normalized spacial score (nSPS) is 11.2. The van der Waals surface area contributed by atoms with E-state index >= 15 is 0 Å². The third-order valence-electron chi connectivity index (χ3n) is 4.49. The van der Waals surface area contributed by atoms with Crippen LogP contribution >= 0.6 is 0 Å². The van der Waals surface area contributed by atoms with E-state index in [-0.39, 0.29) is 35.4 Å². The molecular weight excluding hydrogens is 444 g/mol. The minimum atomic E-state index is -4.89. The van der Waals surface area contributed by atoms with Crippen LogP contribution in [0.5, 0.6) is 17.4 Å². The number of nitrogen functional groups attached to an aromatic ring is 1. The van der Waals surface area contributed by atoms with Crippen LogP contribution in [0.15, 0.2) is 47.3 Å². The molecule has 7 nitrogen and oxygen atoms in total. The van der Waals surface area contributed by atoms with Gasteiger partial charge in [0.25, 0.3) is 0 Å². The molecule has 3 aromatic rings. The first-order valence-electron chi connectivity index (χ1n) is 9.70. The Balaban J connectivity index is 1.77. The molecule has 0 aliphatic heterocycles. The standard InChI is InChI=1S/C22H18F4N4O3/c1-2-7-30-19(28)10-20(29-21(30)31)32-12-13-3-6-18(14(8-13)11-27)33-15-4-5-17(23)16(9-15)22(24,25)26/h3-6,8-10H,2,7,12,28H2,1H3. The summed E-state index contributed by atoms with van der Waals surface area (Å²) in [5.41, 5.74) is 4.35. The Labute approximate surface area is 185 Å². The molecule has 0 saturated heterocycles. The van der Waals surface area contributed by atoms with Crippen LogP contribution in [0.2, 0.25) is 0 Å². The first kappa shape index (κ1) is 23.6. The van der Waals surface area contributed by atoms with Gasteiger partial charge in [-0.3, -0.25) is 4.57 Å². The Bertz CT molecular complexity index is 1270. The van der Waals surface area contributed by atoms with Crippen LogP contribution in [0.25, 0.3) is 0 Å². The van der Waals surface area contributed by atoms with E-state index in [1.807, 2.05) is 13.0 Å². The second-order valence-corrected chi connectivity index (χ2v) is 6.93. The number of hydrogen-bond donors (Lipinski definition) is 1. The third-order valence-corrected chi connectivity index (χ3v) is 4.49. The predicted octanol–water partition coefficient (Wildman–Crippen LogP) is 4.64. The molecule has 0 aliphatic carbocycles. The molecule has 1 heterocycles. The number of alkyl halides is 3. The maximum absolute atomic E-state index is 13.5. The third kappa shape index (κ3) is 5.60. The van der Waals surface area contributed by atoms with Gasteiger partial charge < -0.3 is 15.2 Å². The quantitative estimate of drug-likeness (QED) is 0.514. The summed E-state index contributed by atoms with van der Waals surface area (Å²) in [5, 5.41) is 9.40. The fourth-order valence-corrected chi connectivity index (χ4v) is 2.94. The first-order valence-corrected chi connectivity index (χ1v) is 9.70. The molecule has 0 unspecified atom stereocenters. The van der Waals surface area contributed by atoms with E-state index in [2.05, 4.69) is 4.98 Å². The lowest BCUT2D eigenvalue weighted by Gasteiger charge is -2.13. The van der Waals surface area contributed by atoms with E-state index in [9.17, 15) is 27.6 Å². The molecule has 0 amide bonds. The predicted molar refractivity (Wildman–Crippen MR) is 110 cm³/mol. The van der Waals surface area contributed by atoms with Crippen molar-refractivity contribution in [1.82, 2.24) is 9.55 Å². The summed E-state index contributed by atoms with van der Waals surface area (Å²) < 4.78 is 64.4. The summed E-state index contributed by atoms with van der Waals surface area (Å²) in [4.78, 5) is 15.8. The van der Waals surface area contributed by atoms with Crippen LogP contribution in [-0.4, -0.2) is 9.55 Å². The highest BCUT2D eigenvalue weighted by atomic mass is 19.4. The summed E-state index contributed by atoms with van der Waals surface area (Å²) in [6.45, 7) is 2.25. The molecular formula is C22H18F4N4O3. The molecule has 0 atom stereocenters. The van der Waals surface area contributed by atoms with E-state index in [0.717, 1.165) is 6.07 Å². The average Bonchev–Trinajstić information content (AvgIpc) is 2.76. The van der Waals surface area contributed by atoms with E-state index in [4.69, 9.17) is 15.2 Å². The SMILES string of the molecule is CCCn1c(N)cc(OCc2ccc(Oc3ccc(F)c(C(F)(F)F)c3)c(C#N)c2)nc1=O. The number of nitriles is 1. The molecule has 33 heavy (non-hydrogen) atoms. The molecule has 0 radical (unpaired) electrons. The summed E-state index contributed by atoms with van der Waals surface area (Å²) in [7, 11) is 0. The van der Waals surface area contributed by atoms with Crippen LogP contribution in [0.4, 0.5) is 23.4 Å². The van der Waals surface area contributed by atoms with Crippen molar-refractivity contribution >= 4 is 5.82 Å². The zero-order valence-electron chi connectivity index (χ0n) is 17.3. The number of hydrogen-bond acceptors (Lipinski definition) is 6. The first-order chi connectivity index (χ1) is 15.6. The number of nitrogens with zero attached hydrogens (tertiary/aromatic N) is 3. The second kappa shape index (κ2) is 9.60. The Morgan fingerprint density at radius 2 is 1.94 bits per heavy atom. The van der Waals surface area contributed by atoms with Crippen LogP contribution in [0.3, 0.4) is 0 Å². The summed E-state index contributed by atoms with van der Waals surface area (Å²) in [6.07, 6.45) is -4.19. The highest BCUT2D eigenvalue weighted by molar-refractivity contribution is 5.48. The number of rotatable bonds is 7. The van der Waals surface area contributed by atoms with E-state index in [1.54, 1.807) is 0 Å². The van der Waals surface area contributed by atoms with Crippen molar-refractivity contribution in [1.29, 1.82) is 5.26 Å². The van der Waals surface area contributed by atoms with Crippen molar-refractivity contribution in [2.24, 2.45) is 0 Å². The molecule has 2 N–H and O–H groups in total. The van der Waals surface area contributed by atoms with Crippen LogP contribution in [0.1, 0.15) is 30.0 Å². The molecule has 1 aromatic heterocycles. The summed E-state index contributed by atoms with van der Waals surface area (Å²) in [5.74, 6) is -1.53. The van der Waals surface area contributed by atoms with Crippen LogP contribution in [0, 0.1) is 17.1 Å². The smallest absolute Gasteiger partial charge is 0.419 e. The monoisotopic (exact) mass is 462 g/mol. The van der Waals surface area contributed by atoms with Crippen LogP contribution < -0.4 is 20.9 Å². The highest BCUT2D eigenvalue weighted by Gasteiger charge is 2.34. The second-order valence-electron chi connectivity index (χ2n) is 6.93. The van der Waals surface area contributed by atoms with Gasteiger partial charge in [-0.1, -0.05) is 13.0 Å². The van der Waals surface area contributed by atoms with Crippen molar-refractivity contribution in [2.45, 2.75) is 32.7 Å². The van der Waals surface area contributed by atoms with Crippen molar-refractivity contribution in [3.63, 3.8) is 0 Å². The van der Waals surface area contributed by atoms with Crippen molar-refractivity contribution in [3.05, 3.63) is 75.5 Å².